The Kier molecular flexibility index (Phi) is 3.65. The van der Waals surface area contributed by atoms with Crippen LogP contribution in [0.2, 0.25) is 0 Å². The van der Waals surface area contributed by atoms with Crippen LogP contribution in [0.4, 0.5) is 5.82 Å². The molecule has 0 saturated carbocycles. The van der Waals surface area contributed by atoms with Crippen molar-refractivity contribution in [3.63, 3.8) is 0 Å². The molecular formula is C18H19N5O. The van der Waals surface area contributed by atoms with Crippen molar-refractivity contribution in [1.29, 1.82) is 0 Å². The normalized spacial score (nSPS) is 15.0. The summed E-state index contributed by atoms with van der Waals surface area (Å²) < 4.78 is 1.86. The monoisotopic (exact) mass is 321 g/mol. The number of anilines is 1. The van der Waals surface area contributed by atoms with Crippen LogP contribution in [0.1, 0.15) is 16.1 Å². The fourth-order valence-electron chi connectivity index (χ4n) is 3.15. The number of aryl methyl sites for hydroxylation is 1. The summed E-state index contributed by atoms with van der Waals surface area (Å²) in [6.07, 6.45) is 1.76. The molecule has 6 heteroatoms. The van der Waals surface area contributed by atoms with Crippen molar-refractivity contribution in [2.75, 3.05) is 31.1 Å². The van der Waals surface area contributed by atoms with E-state index in [2.05, 4.69) is 21.0 Å². The second-order valence-electron chi connectivity index (χ2n) is 6.00. The highest BCUT2D eigenvalue weighted by atomic mass is 16.2. The fraction of sp³-hybridized carbons (Fsp3) is 0.278. The number of fused-ring (bicyclic) bond motifs is 1. The number of carbonyl (C=O) groups excluding carboxylic acids is 1. The van der Waals surface area contributed by atoms with Crippen LogP contribution in [-0.4, -0.2) is 51.6 Å². The first-order chi connectivity index (χ1) is 11.7. The van der Waals surface area contributed by atoms with Gasteiger partial charge in [-0.15, -0.1) is 0 Å². The molecule has 4 rings (SSSR count). The van der Waals surface area contributed by atoms with E-state index in [0.29, 0.717) is 13.1 Å². The van der Waals surface area contributed by atoms with Gasteiger partial charge in [-0.2, -0.15) is 9.61 Å². The van der Waals surface area contributed by atoms with Crippen LogP contribution in [0.25, 0.3) is 5.65 Å². The van der Waals surface area contributed by atoms with Crippen LogP contribution in [-0.2, 0) is 0 Å². The van der Waals surface area contributed by atoms with Crippen LogP contribution in [0.5, 0.6) is 0 Å². The molecule has 1 fully saturated rings. The maximum absolute atomic E-state index is 12.5. The van der Waals surface area contributed by atoms with E-state index in [1.807, 2.05) is 52.7 Å². The van der Waals surface area contributed by atoms with Crippen molar-refractivity contribution < 1.29 is 4.79 Å². The second kappa shape index (κ2) is 5.96. The van der Waals surface area contributed by atoms with Crippen LogP contribution in [0.3, 0.4) is 0 Å². The van der Waals surface area contributed by atoms with Crippen LogP contribution in [0, 0.1) is 6.92 Å². The Morgan fingerprint density at radius 1 is 1.04 bits per heavy atom. The number of piperazine rings is 1. The third kappa shape index (κ3) is 2.60. The van der Waals surface area contributed by atoms with Gasteiger partial charge in [0.1, 0.15) is 5.82 Å². The van der Waals surface area contributed by atoms with Gasteiger partial charge < -0.3 is 9.80 Å². The number of hydrogen-bond donors (Lipinski definition) is 0. The minimum absolute atomic E-state index is 0.102. The maximum Gasteiger partial charge on any atom is 0.253 e. The number of benzene rings is 1. The third-order valence-corrected chi connectivity index (χ3v) is 4.38. The van der Waals surface area contributed by atoms with Gasteiger partial charge in [0.2, 0.25) is 0 Å². The van der Waals surface area contributed by atoms with E-state index >= 15 is 0 Å². The lowest BCUT2D eigenvalue weighted by molar-refractivity contribution is 0.0746. The minimum Gasteiger partial charge on any atom is -0.353 e. The summed E-state index contributed by atoms with van der Waals surface area (Å²) in [6, 6.07) is 13.4. The average molecular weight is 321 g/mol. The van der Waals surface area contributed by atoms with Gasteiger partial charge in [-0.1, -0.05) is 18.2 Å². The molecule has 3 heterocycles. The average Bonchev–Trinajstić information content (AvgIpc) is 3.09. The predicted molar refractivity (Wildman–Crippen MR) is 92.3 cm³/mol. The van der Waals surface area contributed by atoms with Crippen molar-refractivity contribution in [2.45, 2.75) is 6.92 Å². The van der Waals surface area contributed by atoms with Crippen molar-refractivity contribution in [2.24, 2.45) is 0 Å². The van der Waals surface area contributed by atoms with Crippen molar-refractivity contribution in [1.82, 2.24) is 19.5 Å². The van der Waals surface area contributed by atoms with Gasteiger partial charge in [0.15, 0.2) is 5.65 Å². The molecule has 0 spiro atoms. The van der Waals surface area contributed by atoms with Gasteiger partial charge in [-0.25, -0.2) is 4.98 Å². The molecule has 1 amide bonds. The molecule has 1 aliphatic heterocycles. The van der Waals surface area contributed by atoms with Gasteiger partial charge >= 0.3 is 0 Å². The highest BCUT2D eigenvalue weighted by Crippen LogP contribution is 2.19. The summed E-state index contributed by atoms with van der Waals surface area (Å²) in [5.74, 6) is 1.14. The smallest absolute Gasteiger partial charge is 0.253 e. The first-order valence-corrected chi connectivity index (χ1v) is 8.13. The topological polar surface area (TPSA) is 53.7 Å². The highest BCUT2D eigenvalue weighted by molar-refractivity contribution is 5.94. The lowest BCUT2D eigenvalue weighted by atomic mass is 10.2. The zero-order valence-corrected chi connectivity index (χ0v) is 13.6. The Balaban J connectivity index is 1.52. The Morgan fingerprint density at radius 3 is 2.54 bits per heavy atom. The first-order valence-electron chi connectivity index (χ1n) is 8.13. The van der Waals surface area contributed by atoms with Gasteiger partial charge in [0, 0.05) is 49.6 Å². The quantitative estimate of drug-likeness (QED) is 0.724. The Labute approximate surface area is 140 Å². The van der Waals surface area contributed by atoms with Crippen LogP contribution in [0.15, 0.2) is 48.7 Å². The van der Waals surface area contributed by atoms with E-state index in [0.717, 1.165) is 35.8 Å². The zero-order valence-electron chi connectivity index (χ0n) is 13.6. The Bertz CT molecular complexity index is 866. The largest absolute Gasteiger partial charge is 0.353 e. The number of amides is 1. The standard InChI is InChI=1S/C18H19N5O/c1-14-13-17(23-16(20-14)7-8-19-23)21-9-11-22(12-10-21)18(24)15-5-3-2-4-6-15/h2-8,13H,9-12H2,1H3. The predicted octanol–water partition coefficient (Wildman–Crippen LogP) is 2.00. The molecule has 1 saturated heterocycles. The number of rotatable bonds is 2. The van der Waals surface area contributed by atoms with E-state index in [4.69, 9.17) is 0 Å². The fourth-order valence-corrected chi connectivity index (χ4v) is 3.15. The molecule has 2 aromatic heterocycles. The SMILES string of the molecule is Cc1cc(N2CCN(C(=O)c3ccccc3)CC2)n2nccc2n1. The number of aromatic nitrogens is 3. The van der Waals surface area contributed by atoms with Crippen LogP contribution >= 0.6 is 0 Å². The van der Waals surface area contributed by atoms with E-state index in [9.17, 15) is 4.79 Å². The van der Waals surface area contributed by atoms with Crippen LogP contribution < -0.4 is 4.90 Å². The van der Waals surface area contributed by atoms with E-state index < -0.39 is 0 Å². The van der Waals surface area contributed by atoms with E-state index in [1.165, 1.54) is 0 Å². The molecule has 0 radical (unpaired) electrons. The van der Waals surface area contributed by atoms with Crippen molar-refractivity contribution in [3.8, 4) is 0 Å². The summed E-state index contributed by atoms with van der Waals surface area (Å²) in [5.41, 5.74) is 2.58. The highest BCUT2D eigenvalue weighted by Gasteiger charge is 2.23. The Morgan fingerprint density at radius 2 is 1.79 bits per heavy atom. The molecule has 0 aliphatic carbocycles. The number of carbonyl (C=O) groups is 1. The van der Waals surface area contributed by atoms with Gasteiger partial charge in [0.05, 0.1) is 6.20 Å². The molecule has 0 atom stereocenters. The third-order valence-electron chi connectivity index (χ3n) is 4.38. The summed E-state index contributed by atoms with van der Waals surface area (Å²) in [6.45, 7) is 4.98. The summed E-state index contributed by atoms with van der Waals surface area (Å²) in [4.78, 5) is 21.2. The lowest BCUT2D eigenvalue weighted by Gasteiger charge is -2.36. The molecule has 122 valence electrons. The summed E-state index contributed by atoms with van der Waals surface area (Å²) in [7, 11) is 0. The molecule has 0 N–H and O–H groups in total. The first kappa shape index (κ1) is 14.7. The molecule has 1 aliphatic rings. The zero-order chi connectivity index (χ0) is 16.5. The second-order valence-corrected chi connectivity index (χ2v) is 6.00. The molecule has 1 aromatic carbocycles. The maximum atomic E-state index is 12.5. The number of hydrogen-bond acceptors (Lipinski definition) is 4. The molecule has 0 unspecified atom stereocenters. The molecule has 24 heavy (non-hydrogen) atoms. The van der Waals surface area contributed by atoms with Gasteiger partial charge in [-0.05, 0) is 19.1 Å². The van der Waals surface area contributed by atoms with Gasteiger partial charge in [-0.3, -0.25) is 4.79 Å². The minimum atomic E-state index is 0.102. The summed E-state index contributed by atoms with van der Waals surface area (Å²) >= 11 is 0. The van der Waals surface area contributed by atoms with E-state index in [1.54, 1.807) is 6.20 Å². The molecule has 3 aromatic rings. The van der Waals surface area contributed by atoms with E-state index in [-0.39, 0.29) is 5.91 Å². The molecule has 0 bridgehead atoms. The molecule has 6 nitrogen and oxygen atoms in total. The van der Waals surface area contributed by atoms with Crippen molar-refractivity contribution >= 4 is 17.4 Å². The lowest BCUT2D eigenvalue weighted by Crippen LogP contribution is -2.49. The summed E-state index contributed by atoms with van der Waals surface area (Å²) in [5, 5.41) is 4.37. The Hall–Kier alpha value is -2.89. The molecular weight excluding hydrogens is 302 g/mol. The van der Waals surface area contributed by atoms with Crippen molar-refractivity contribution in [3.05, 3.63) is 59.9 Å². The number of nitrogens with zero attached hydrogens (tertiary/aromatic N) is 5. The van der Waals surface area contributed by atoms with Gasteiger partial charge in [0.25, 0.3) is 5.91 Å².